The van der Waals surface area contributed by atoms with Crippen LogP contribution in [0.15, 0.2) is 42.7 Å². The molecule has 1 saturated heterocycles. The van der Waals surface area contributed by atoms with Gasteiger partial charge in [-0.3, -0.25) is 0 Å². The van der Waals surface area contributed by atoms with Crippen molar-refractivity contribution in [2.75, 3.05) is 29.0 Å². The fraction of sp³-hybridized carbons (Fsp3) is 0.190. The van der Waals surface area contributed by atoms with E-state index in [1.165, 1.54) is 12.3 Å². The Bertz CT molecular complexity index is 1270. The predicted octanol–water partition coefficient (Wildman–Crippen LogP) is 3.29. The Morgan fingerprint density at radius 1 is 1.16 bits per heavy atom. The van der Waals surface area contributed by atoms with E-state index in [1.807, 2.05) is 4.90 Å². The third kappa shape index (κ3) is 3.85. The number of benzene rings is 1. The third-order valence-electron chi connectivity index (χ3n) is 5.18. The number of rotatable bonds is 5. The molecule has 0 amide bonds. The summed E-state index contributed by atoms with van der Waals surface area (Å²) >= 11 is 0. The monoisotopic (exact) mass is 438 g/mol. The lowest BCUT2D eigenvalue weighted by atomic mass is 10.2. The molecule has 0 spiro atoms. The van der Waals surface area contributed by atoms with Crippen molar-refractivity contribution in [1.82, 2.24) is 19.9 Å². The molecule has 5 rings (SSSR count). The number of aromatic nitrogens is 4. The normalized spacial score (nSPS) is 16.0. The van der Waals surface area contributed by atoms with Crippen molar-refractivity contribution in [3.63, 3.8) is 0 Å². The molecule has 164 valence electrons. The lowest BCUT2D eigenvalue weighted by Gasteiger charge is -2.18. The summed E-state index contributed by atoms with van der Waals surface area (Å²) in [5.41, 5.74) is 12.5. The van der Waals surface area contributed by atoms with E-state index in [9.17, 15) is 8.78 Å². The Morgan fingerprint density at radius 2 is 1.97 bits per heavy atom. The van der Waals surface area contributed by atoms with Gasteiger partial charge in [-0.25, -0.2) is 13.8 Å². The maximum Gasteiger partial charge on any atom is 0.223 e. The fourth-order valence-corrected chi connectivity index (χ4v) is 3.69. The molecule has 0 aliphatic carbocycles. The summed E-state index contributed by atoms with van der Waals surface area (Å²) in [5.74, 6) is -1.03. The molecule has 1 aliphatic heterocycles. The Hall–Kier alpha value is -3.99. The van der Waals surface area contributed by atoms with Gasteiger partial charge in [-0.05, 0) is 18.6 Å². The minimum atomic E-state index is -0.874. The van der Waals surface area contributed by atoms with E-state index in [4.69, 9.17) is 16.2 Å². The van der Waals surface area contributed by atoms with Gasteiger partial charge in [-0.2, -0.15) is 9.97 Å². The summed E-state index contributed by atoms with van der Waals surface area (Å²) in [5, 5.41) is 3.49. The highest BCUT2D eigenvalue weighted by Gasteiger charge is 2.22. The smallest absolute Gasteiger partial charge is 0.223 e. The minimum absolute atomic E-state index is 0.0413. The second-order valence-corrected chi connectivity index (χ2v) is 7.51. The van der Waals surface area contributed by atoms with Gasteiger partial charge in [-0.1, -0.05) is 0 Å². The quantitative estimate of drug-likeness (QED) is 0.373. The standard InChI is InChI=1S/C21H20F2N8O/c22-14-7-12(28-17-9-18(30-21(25)29-17)31-6-3-11(24)10-31)8-15(23)19(14)32-16-2-5-27-20-13(16)1-4-26-20/h1-2,4-5,7-9,11H,3,6,10,24H2,(H,26,27)(H3,25,28,29,30)/t11-/m1/s1. The number of nitrogens with zero attached hydrogens (tertiary/aromatic N) is 4. The van der Waals surface area contributed by atoms with E-state index in [0.717, 1.165) is 25.1 Å². The molecule has 1 aromatic carbocycles. The average molecular weight is 438 g/mol. The van der Waals surface area contributed by atoms with Gasteiger partial charge in [0.25, 0.3) is 0 Å². The number of aromatic amines is 1. The molecule has 0 bridgehead atoms. The van der Waals surface area contributed by atoms with E-state index in [-0.39, 0.29) is 23.4 Å². The number of nitrogen functional groups attached to an aromatic ring is 1. The third-order valence-corrected chi connectivity index (χ3v) is 5.18. The van der Waals surface area contributed by atoms with Crippen LogP contribution in [0.5, 0.6) is 11.5 Å². The van der Waals surface area contributed by atoms with Crippen LogP contribution in [0.4, 0.5) is 32.1 Å². The second kappa shape index (κ2) is 7.93. The SMILES string of the molecule is Nc1nc(Nc2cc(F)c(Oc3ccnc4[nH]ccc34)c(F)c2)cc(N2CC[C@@H](N)C2)n1. The van der Waals surface area contributed by atoms with Crippen LogP contribution < -0.4 is 26.4 Å². The van der Waals surface area contributed by atoms with Gasteiger partial charge in [0, 0.05) is 55.4 Å². The number of fused-ring (bicyclic) bond motifs is 1. The summed E-state index contributed by atoms with van der Waals surface area (Å²) in [6.07, 6.45) is 4.00. The molecule has 1 aliphatic rings. The summed E-state index contributed by atoms with van der Waals surface area (Å²) in [6, 6.07) is 7.22. The van der Waals surface area contributed by atoms with Crippen LogP contribution in [0.2, 0.25) is 0 Å². The van der Waals surface area contributed by atoms with E-state index in [1.54, 1.807) is 18.3 Å². The van der Waals surface area contributed by atoms with Gasteiger partial charge < -0.3 is 31.4 Å². The van der Waals surface area contributed by atoms with Crippen LogP contribution in [0, 0.1) is 11.6 Å². The summed E-state index contributed by atoms with van der Waals surface area (Å²) < 4.78 is 35.1. The number of ether oxygens (including phenoxy) is 1. The molecule has 0 unspecified atom stereocenters. The molecule has 9 nitrogen and oxygen atoms in total. The van der Waals surface area contributed by atoms with Crippen LogP contribution in [0.1, 0.15) is 6.42 Å². The molecule has 32 heavy (non-hydrogen) atoms. The predicted molar refractivity (Wildman–Crippen MR) is 117 cm³/mol. The van der Waals surface area contributed by atoms with Crippen molar-refractivity contribution in [3.8, 4) is 11.5 Å². The van der Waals surface area contributed by atoms with Crippen LogP contribution in [0.25, 0.3) is 11.0 Å². The van der Waals surface area contributed by atoms with E-state index >= 15 is 0 Å². The fourth-order valence-electron chi connectivity index (χ4n) is 3.69. The van der Waals surface area contributed by atoms with Crippen molar-refractivity contribution in [1.29, 1.82) is 0 Å². The first-order valence-electron chi connectivity index (χ1n) is 9.97. The highest BCUT2D eigenvalue weighted by atomic mass is 19.1. The van der Waals surface area contributed by atoms with Crippen LogP contribution in [0.3, 0.4) is 0 Å². The largest absolute Gasteiger partial charge is 0.450 e. The summed E-state index contributed by atoms with van der Waals surface area (Å²) in [7, 11) is 0. The zero-order valence-electron chi connectivity index (χ0n) is 16.8. The lowest BCUT2D eigenvalue weighted by Crippen LogP contribution is -2.27. The van der Waals surface area contributed by atoms with Crippen molar-refractivity contribution < 1.29 is 13.5 Å². The number of anilines is 4. The summed E-state index contributed by atoms with van der Waals surface area (Å²) in [6.45, 7) is 1.39. The van der Waals surface area contributed by atoms with E-state index < -0.39 is 17.4 Å². The molecule has 1 atom stereocenters. The number of hydrogen-bond acceptors (Lipinski definition) is 8. The van der Waals surface area contributed by atoms with Gasteiger partial charge in [0.05, 0.1) is 5.39 Å². The number of nitrogens with two attached hydrogens (primary N) is 2. The van der Waals surface area contributed by atoms with Crippen LogP contribution in [-0.4, -0.2) is 39.1 Å². The molecule has 1 fully saturated rings. The molecule has 4 heterocycles. The number of nitrogens with one attached hydrogen (secondary N) is 2. The van der Waals surface area contributed by atoms with Gasteiger partial charge in [0.1, 0.15) is 23.0 Å². The maximum absolute atomic E-state index is 14.8. The van der Waals surface area contributed by atoms with Crippen LogP contribution >= 0.6 is 0 Å². The molecule has 3 aromatic heterocycles. The molecule has 0 radical (unpaired) electrons. The van der Waals surface area contributed by atoms with Gasteiger partial charge >= 0.3 is 0 Å². The molecule has 4 aromatic rings. The topological polar surface area (TPSA) is 131 Å². The first kappa shape index (κ1) is 19.9. The minimum Gasteiger partial charge on any atom is -0.450 e. The van der Waals surface area contributed by atoms with Crippen molar-refractivity contribution in [2.24, 2.45) is 5.73 Å². The first-order valence-corrected chi connectivity index (χ1v) is 9.97. The number of hydrogen-bond donors (Lipinski definition) is 4. The van der Waals surface area contributed by atoms with Crippen molar-refractivity contribution in [3.05, 3.63) is 54.4 Å². The molecule has 6 N–H and O–H groups in total. The molecule has 11 heteroatoms. The Balaban J connectivity index is 1.40. The van der Waals surface area contributed by atoms with Gasteiger partial charge in [0.15, 0.2) is 17.4 Å². The highest BCUT2D eigenvalue weighted by Crippen LogP contribution is 2.34. The Morgan fingerprint density at radius 3 is 2.72 bits per heavy atom. The van der Waals surface area contributed by atoms with Crippen molar-refractivity contribution in [2.45, 2.75) is 12.5 Å². The average Bonchev–Trinajstić information content (AvgIpc) is 3.39. The summed E-state index contributed by atoms with van der Waals surface area (Å²) in [4.78, 5) is 17.4. The zero-order valence-corrected chi connectivity index (χ0v) is 16.8. The Kier molecular flexibility index (Phi) is 4.94. The van der Waals surface area contributed by atoms with E-state index in [0.29, 0.717) is 29.2 Å². The van der Waals surface area contributed by atoms with Gasteiger partial charge in [-0.15, -0.1) is 0 Å². The maximum atomic E-state index is 14.8. The number of H-pyrrole nitrogens is 1. The number of halogens is 2. The lowest BCUT2D eigenvalue weighted by molar-refractivity contribution is 0.411. The molecule has 0 saturated carbocycles. The van der Waals surface area contributed by atoms with Crippen LogP contribution in [-0.2, 0) is 0 Å². The molecular weight excluding hydrogens is 418 g/mol. The van der Waals surface area contributed by atoms with Gasteiger partial charge in [0.2, 0.25) is 5.95 Å². The van der Waals surface area contributed by atoms with Crippen molar-refractivity contribution >= 4 is 34.3 Å². The zero-order chi connectivity index (χ0) is 22.2. The molecular formula is C21H20F2N8O. The Labute approximate surface area is 181 Å². The first-order chi connectivity index (χ1) is 15.5. The highest BCUT2D eigenvalue weighted by molar-refractivity contribution is 5.82. The number of pyridine rings is 1. The van der Waals surface area contributed by atoms with E-state index in [2.05, 4.69) is 25.3 Å². The second-order valence-electron chi connectivity index (χ2n) is 7.51.